The Morgan fingerprint density at radius 3 is 2.13 bits per heavy atom. The molecule has 63 heavy (non-hydrogen) atoms. The average molecular weight is 898 g/mol. The number of hydrogen-bond donors (Lipinski definition) is 11. The number of ether oxygens (including phenoxy) is 1. The lowest BCUT2D eigenvalue weighted by Crippen LogP contribution is -2.62. The summed E-state index contributed by atoms with van der Waals surface area (Å²) in [7, 11) is 1.32. The van der Waals surface area contributed by atoms with Crippen molar-refractivity contribution in [3.63, 3.8) is 0 Å². The van der Waals surface area contributed by atoms with Gasteiger partial charge in [0.25, 0.3) is 5.56 Å². The van der Waals surface area contributed by atoms with Crippen LogP contribution in [-0.4, -0.2) is 132 Å². The van der Waals surface area contributed by atoms with Gasteiger partial charge in [-0.15, -0.1) is 0 Å². The van der Waals surface area contributed by atoms with Crippen molar-refractivity contribution in [2.24, 2.45) is 5.73 Å². The molecule has 2 aromatic carbocycles. The number of carboxylic acid groups (broad SMARTS) is 1. The molecule has 4 unspecified atom stereocenters. The van der Waals surface area contributed by atoms with E-state index in [2.05, 4.69) is 31.6 Å². The Bertz CT molecular complexity index is 2290. The third-order valence-electron chi connectivity index (χ3n) is 9.89. The van der Waals surface area contributed by atoms with Crippen LogP contribution in [-0.2, 0) is 41.6 Å². The van der Waals surface area contributed by atoms with E-state index in [0.29, 0.717) is 16.9 Å². The first-order chi connectivity index (χ1) is 29.9. The fourth-order valence-corrected chi connectivity index (χ4v) is 6.95. The normalized spacial score (nSPS) is 17.5. The van der Waals surface area contributed by atoms with E-state index >= 15 is 0 Å². The number of aliphatic hydroxyl groups excluding tert-OH is 1. The van der Waals surface area contributed by atoms with Gasteiger partial charge in [0.15, 0.2) is 0 Å². The van der Waals surface area contributed by atoms with Gasteiger partial charge in [-0.1, -0.05) is 24.3 Å². The molecule has 0 saturated carbocycles. The topological polar surface area (TPSA) is 337 Å². The van der Waals surface area contributed by atoms with Gasteiger partial charge in [-0.2, -0.15) is 11.8 Å². The summed E-state index contributed by atoms with van der Waals surface area (Å²) in [5.74, 6) is -4.53. The zero-order chi connectivity index (χ0) is 46.4. The van der Waals surface area contributed by atoms with E-state index in [4.69, 9.17) is 10.5 Å². The number of aromatic nitrogens is 2. The standard InChI is InChI=1S/C40H51N9O13S/c1-21(48(2)36(57)28(43-32(54)19-41)16-22-6-4-8-24(50)14-22)33(35(56)42-20-26-18-30(52)37(62-26)49-12-10-31(53)46-40(49)61)47-34(55)27(11-13-63-3)44-39(60)45-29(38(58)59)17-23-7-5-9-25(51)15-23/h4-10,12,14-15,20-21,27-30,33,37,50-52H,11,13,16-19,41H2,1-3H3,(H,42,56)(H,43,54)(H,47,55)(H,58,59)(H2,44,45,60)(H,46,53,61)/t21?,27-,28-,29?,30?,33+,37?/m0/s1. The summed E-state index contributed by atoms with van der Waals surface area (Å²) in [6.45, 7) is 0.963. The number of nitrogens with zero attached hydrogens (tertiary/aromatic N) is 2. The molecule has 0 aliphatic carbocycles. The number of carbonyl (C=O) groups is 6. The molecule has 6 amide bonds. The van der Waals surface area contributed by atoms with Gasteiger partial charge in [0.1, 0.15) is 47.5 Å². The van der Waals surface area contributed by atoms with Crippen LogP contribution < -0.4 is 43.6 Å². The molecule has 3 aromatic rings. The minimum atomic E-state index is -1.61. The molecular weight excluding hydrogens is 847 g/mol. The van der Waals surface area contributed by atoms with E-state index in [1.807, 2.05) is 0 Å². The monoisotopic (exact) mass is 897 g/mol. The molecule has 0 radical (unpaired) electrons. The van der Waals surface area contributed by atoms with Crippen molar-refractivity contribution in [1.82, 2.24) is 41.0 Å². The fourth-order valence-electron chi connectivity index (χ4n) is 6.48. The Morgan fingerprint density at radius 1 is 0.937 bits per heavy atom. The lowest BCUT2D eigenvalue weighted by atomic mass is 10.0. The van der Waals surface area contributed by atoms with Crippen LogP contribution in [0.2, 0.25) is 0 Å². The number of urea groups is 1. The van der Waals surface area contributed by atoms with Gasteiger partial charge in [0, 0.05) is 44.8 Å². The number of phenolic OH excluding ortho intramolecular Hbond substituents is 2. The van der Waals surface area contributed by atoms with Crippen LogP contribution in [0.5, 0.6) is 11.5 Å². The molecule has 1 aliphatic rings. The van der Waals surface area contributed by atoms with E-state index in [1.165, 1.54) is 56.1 Å². The van der Waals surface area contributed by atoms with E-state index in [0.717, 1.165) is 27.9 Å². The second kappa shape index (κ2) is 22.8. The van der Waals surface area contributed by atoms with Gasteiger partial charge >= 0.3 is 17.7 Å². The predicted octanol–water partition coefficient (Wildman–Crippen LogP) is -1.68. The van der Waals surface area contributed by atoms with Gasteiger partial charge < -0.3 is 62.4 Å². The molecule has 4 rings (SSSR count). The zero-order valence-electron chi connectivity index (χ0n) is 34.5. The minimum Gasteiger partial charge on any atom is -0.508 e. The number of carbonyl (C=O) groups excluding carboxylic acids is 5. The molecule has 0 bridgehead atoms. The quantitative estimate of drug-likeness (QED) is 0.0604. The van der Waals surface area contributed by atoms with Crippen molar-refractivity contribution in [3.8, 4) is 11.5 Å². The van der Waals surface area contributed by atoms with E-state index in [-0.39, 0.29) is 42.9 Å². The Kier molecular flexibility index (Phi) is 17.7. The van der Waals surface area contributed by atoms with Gasteiger partial charge in [-0.25, -0.2) is 14.4 Å². The first kappa shape index (κ1) is 48.8. The van der Waals surface area contributed by atoms with Crippen LogP contribution in [0.25, 0.3) is 0 Å². The fraction of sp³-hybridized carbons (Fsp3) is 0.400. The number of nitrogens with two attached hydrogens (primary N) is 1. The number of carboxylic acids is 1. The summed E-state index contributed by atoms with van der Waals surface area (Å²) < 4.78 is 6.65. The van der Waals surface area contributed by atoms with Gasteiger partial charge in [0.05, 0.1) is 12.6 Å². The molecule has 1 fully saturated rings. The molecule has 1 aromatic heterocycles. The number of aliphatic hydroxyl groups is 1. The number of thioether (sulfide) groups is 1. The second-order valence-electron chi connectivity index (χ2n) is 14.5. The van der Waals surface area contributed by atoms with Crippen LogP contribution in [0.3, 0.4) is 0 Å². The maximum Gasteiger partial charge on any atom is 0.331 e. The highest BCUT2D eigenvalue weighted by atomic mass is 32.2. The van der Waals surface area contributed by atoms with Gasteiger partial charge in [-0.3, -0.25) is 33.5 Å². The highest BCUT2D eigenvalue weighted by Crippen LogP contribution is 2.30. The molecule has 23 heteroatoms. The Morgan fingerprint density at radius 2 is 1.56 bits per heavy atom. The van der Waals surface area contributed by atoms with Crippen LogP contribution in [0.1, 0.15) is 37.1 Å². The number of aromatic hydroxyl groups is 2. The smallest absolute Gasteiger partial charge is 0.331 e. The van der Waals surface area contributed by atoms with Crippen molar-refractivity contribution in [3.05, 3.63) is 105 Å². The summed E-state index contributed by atoms with van der Waals surface area (Å²) in [6, 6.07) is 4.86. The van der Waals surface area contributed by atoms with Crippen LogP contribution in [0.4, 0.5) is 4.79 Å². The van der Waals surface area contributed by atoms with Crippen molar-refractivity contribution < 1.29 is 53.9 Å². The molecule has 340 valence electrons. The number of nitrogens with one attached hydrogen (secondary N) is 6. The molecule has 12 N–H and O–H groups in total. The minimum absolute atomic E-state index is 0.000605. The molecule has 0 spiro atoms. The van der Waals surface area contributed by atoms with Crippen molar-refractivity contribution in [1.29, 1.82) is 0 Å². The van der Waals surface area contributed by atoms with Crippen LogP contribution >= 0.6 is 11.8 Å². The Balaban J connectivity index is 1.61. The molecular formula is C40H51N9O13S. The summed E-state index contributed by atoms with van der Waals surface area (Å²) in [5.41, 5.74) is 4.86. The lowest BCUT2D eigenvalue weighted by molar-refractivity contribution is -0.140. The zero-order valence-corrected chi connectivity index (χ0v) is 35.3. The molecule has 1 aliphatic heterocycles. The number of aromatic amines is 1. The van der Waals surface area contributed by atoms with Gasteiger partial charge in [0.2, 0.25) is 29.9 Å². The first-order valence-electron chi connectivity index (χ1n) is 19.5. The molecule has 7 atom stereocenters. The van der Waals surface area contributed by atoms with Crippen LogP contribution in [0.15, 0.2) is 82.3 Å². The predicted molar refractivity (Wildman–Crippen MR) is 227 cm³/mol. The third kappa shape index (κ3) is 14.1. The number of rotatable bonds is 20. The van der Waals surface area contributed by atoms with E-state index in [9.17, 15) is 58.8 Å². The van der Waals surface area contributed by atoms with E-state index in [1.54, 1.807) is 24.5 Å². The summed E-state index contributed by atoms with van der Waals surface area (Å²) in [5, 5.41) is 52.8. The van der Waals surface area contributed by atoms with Crippen LogP contribution in [0, 0.1) is 0 Å². The number of phenols is 2. The van der Waals surface area contributed by atoms with E-state index < -0.39 is 96.0 Å². The number of aliphatic carboxylic acids is 1. The number of hydrogen-bond acceptors (Lipinski definition) is 14. The summed E-state index contributed by atoms with van der Waals surface area (Å²) in [6.07, 6.45) is 0.858. The number of benzene rings is 2. The van der Waals surface area contributed by atoms with Crippen molar-refractivity contribution >= 4 is 47.4 Å². The number of amides is 6. The SMILES string of the molecule is CSCC[C@H](NC(=O)NC(Cc1cccc(O)c1)C(=O)O)C(=O)N[C@@H](C(=O)NC=C1CC(O)C(n2ccc(=O)[nH]c2=O)O1)C(C)N(C)C(=O)[C@H](Cc1cccc(O)c1)NC(=O)CN. The largest absolute Gasteiger partial charge is 0.508 e. The van der Waals surface area contributed by atoms with Gasteiger partial charge in [-0.05, 0) is 60.7 Å². The van der Waals surface area contributed by atoms with Crippen molar-refractivity contribution in [2.75, 3.05) is 25.6 Å². The molecule has 2 heterocycles. The molecule has 1 saturated heterocycles. The lowest BCUT2D eigenvalue weighted by Gasteiger charge is -2.34. The maximum absolute atomic E-state index is 14.1. The first-order valence-corrected chi connectivity index (χ1v) is 20.9. The maximum atomic E-state index is 14.1. The third-order valence-corrected chi connectivity index (χ3v) is 10.5. The highest BCUT2D eigenvalue weighted by Gasteiger charge is 2.38. The highest BCUT2D eigenvalue weighted by molar-refractivity contribution is 7.98. The Labute approximate surface area is 364 Å². The summed E-state index contributed by atoms with van der Waals surface area (Å²) in [4.78, 5) is 107. The summed E-state index contributed by atoms with van der Waals surface area (Å²) >= 11 is 1.33. The number of H-pyrrole nitrogens is 1. The number of likely N-dealkylation sites (N-methyl/N-ethyl adjacent to an activating group) is 1. The Hall–Kier alpha value is -6.85. The second-order valence-corrected chi connectivity index (χ2v) is 15.5. The van der Waals surface area contributed by atoms with Crippen molar-refractivity contribution in [2.45, 2.75) is 75.1 Å². The molecule has 22 nitrogen and oxygen atoms in total. The average Bonchev–Trinajstić information content (AvgIpc) is 3.61.